The van der Waals surface area contributed by atoms with E-state index in [2.05, 4.69) is 0 Å². The Bertz CT molecular complexity index is 670. The fraction of sp³-hybridized carbons (Fsp3) is 0.400. The van der Waals surface area contributed by atoms with Gasteiger partial charge in [-0.15, -0.1) is 0 Å². The Balaban J connectivity index is 2.78. The number of phenols is 1. The van der Waals surface area contributed by atoms with Crippen LogP contribution in [-0.4, -0.2) is 16.8 Å². The van der Waals surface area contributed by atoms with Crippen molar-refractivity contribution in [1.29, 1.82) is 0 Å². The van der Waals surface area contributed by atoms with Gasteiger partial charge in [0.05, 0.1) is 5.39 Å². The van der Waals surface area contributed by atoms with Crippen LogP contribution in [0.3, 0.4) is 0 Å². The summed E-state index contributed by atoms with van der Waals surface area (Å²) >= 11 is 0. The van der Waals surface area contributed by atoms with Crippen LogP contribution in [0, 0.1) is 13.8 Å². The van der Waals surface area contributed by atoms with Gasteiger partial charge in [0.2, 0.25) is 0 Å². The molecule has 0 aliphatic heterocycles. The Morgan fingerprint density at radius 2 is 1.95 bits per heavy atom. The first-order valence-electron chi connectivity index (χ1n) is 6.34. The van der Waals surface area contributed by atoms with E-state index < -0.39 is 0 Å². The fourth-order valence-electron chi connectivity index (χ4n) is 2.29. The lowest BCUT2D eigenvalue weighted by Crippen LogP contribution is -2.12. The molecule has 0 aliphatic rings. The molecule has 4 heteroatoms. The van der Waals surface area contributed by atoms with Crippen molar-refractivity contribution in [3.05, 3.63) is 39.2 Å². The molecule has 2 rings (SSSR count). The highest BCUT2D eigenvalue weighted by Gasteiger charge is 2.18. The molecule has 19 heavy (non-hydrogen) atoms. The summed E-state index contributed by atoms with van der Waals surface area (Å²) in [6.45, 7) is 5.40. The Labute approximate surface area is 111 Å². The number of hydrogen-bond acceptors (Lipinski definition) is 4. The van der Waals surface area contributed by atoms with Crippen molar-refractivity contribution in [3.8, 4) is 5.75 Å². The zero-order chi connectivity index (χ0) is 14.2. The van der Waals surface area contributed by atoms with Gasteiger partial charge in [-0.3, -0.25) is 4.79 Å². The average molecular weight is 262 g/mol. The predicted molar refractivity (Wildman–Crippen MR) is 73.7 cm³/mol. The van der Waals surface area contributed by atoms with Crippen LogP contribution < -0.4 is 5.43 Å². The van der Waals surface area contributed by atoms with E-state index in [-0.39, 0.29) is 23.7 Å². The number of phenolic OH excluding ortho intramolecular Hbond substituents is 1. The molecule has 0 aliphatic carbocycles. The van der Waals surface area contributed by atoms with Gasteiger partial charge in [0.15, 0.2) is 5.43 Å². The Hall–Kier alpha value is -1.81. The molecular weight excluding hydrogens is 244 g/mol. The predicted octanol–water partition coefficient (Wildman–Crippen LogP) is 2.60. The third-order valence-electron chi connectivity index (χ3n) is 3.55. The first kappa shape index (κ1) is 13.6. The minimum Gasteiger partial charge on any atom is -0.508 e. The van der Waals surface area contributed by atoms with E-state index in [0.29, 0.717) is 34.3 Å². The Morgan fingerprint density at radius 3 is 2.58 bits per heavy atom. The number of rotatable bonds is 3. The molecule has 0 unspecified atom stereocenters. The number of hydrogen-bond donors (Lipinski definition) is 2. The number of aliphatic hydroxyl groups excluding tert-OH is 1. The zero-order valence-electron chi connectivity index (χ0n) is 11.4. The number of aryl methyl sites for hydroxylation is 1. The molecule has 1 aromatic heterocycles. The lowest BCUT2D eigenvalue weighted by Gasteiger charge is -2.14. The number of fused-ring (bicyclic) bond motifs is 1. The fourth-order valence-corrected chi connectivity index (χ4v) is 2.29. The van der Waals surface area contributed by atoms with Crippen molar-refractivity contribution in [2.45, 2.75) is 33.1 Å². The molecule has 0 spiro atoms. The highest BCUT2D eigenvalue weighted by molar-refractivity contribution is 5.82. The molecule has 0 amide bonds. The van der Waals surface area contributed by atoms with Gasteiger partial charge in [-0.2, -0.15) is 0 Å². The van der Waals surface area contributed by atoms with Gasteiger partial charge in [-0.05, 0) is 32.4 Å². The second-order valence-corrected chi connectivity index (χ2v) is 4.92. The van der Waals surface area contributed by atoms with Gasteiger partial charge in [0.25, 0.3) is 0 Å². The Kier molecular flexibility index (Phi) is 3.62. The number of aromatic hydroxyl groups is 1. The smallest absolute Gasteiger partial charge is 0.195 e. The van der Waals surface area contributed by atoms with E-state index >= 15 is 0 Å². The summed E-state index contributed by atoms with van der Waals surface area (Å²) < 4.78 is 5.83. The number of aliphatic hydroxyl groups is 1. The first-order chi connectivity index (χ1) is 8.97. The van der Waals surface area contributed by atoms with Crippen molar-refractivity contribution in [2.24, 2.45) is 0 Å². The van der Waals surface area contributed by atoms with Crippen LogP contribution >= 0.6 is 0 Å². The molecule has 2 N–H and O–H groups in total. The van der Waals surface area contributed by atoms with Crippen LogP contribution in [0.25, 0.3) is 11.0 Å². The van der Waals surface area contributed by atoms with Crippen molar-refractivity contribution >= 4 is 11.0 Å². The van der Waals surface area contributed by atoms with Crippen LogP contribution in [0.2, 0.25) is 0 Å². The van der Waals surface area contributed by atoms with Gasteiger partial charge in [-0.25, -0.2) is 0 Å². The second-order valence-electron chi connectivity index (χ2n) is 4.92. The van der Waals surface area contributed by atoms with Crippen LogP contribution in [0.1, 0.15) is 36.1 Å². The van der Waals surface area contributed by atoms with Crippen LogP contribution in [0.15, 0.2) is 21.3 Å². The molecule has 1 atom stereocenters. The topological polar surface area (TPSA) is 70.7 Å². The van der Waals surface area contributed by atoms with Gasteiger partial charge in [-0.1, -0.05) is 6.92 Å². The molecule has 0 saturated heterocycles. The van der Waals surface area contributed by atoms with Crippen LogP contribution in [-0.2, 0) is 0 Å². The standard InChI is InChI=1S/C15H18O4/c1-8(6-7-16)14-10(3)13(18)11-4-5-12(17)9(2)15(11)19-14/h4-5,8,16-17H,6-7H2,1-3H3/t8-/m0/s1. The Morgan fingerprint density at radius 1 is 1.26 bits per heavy atom. The van der Waals surface area contributed by atoms with Crippen LogP contribution in [0.4, 0.5) is 0 Å². The van der Waals surface area contributed by atoms with Gasteiger partial charge in [0.1, 0.15) is 17.1 Å². The van der Waals surface area contributed by atoms with E-state index in [1.807, 2.05) is 6.92 Å². The van der Waals surface area contributed by atoms with Crippen molar-refractivity contribution in [2.75, 3.05) is 6.61 Å². The van der Waals surface area contributed by atoms with Crippen molar-refractivity contribution in [1.82, 2.24) is 0 Å². The quantitative estimate of drug-likeness (QED) is 0.892. The molecule has 0 fully saturated rings. The summed E-state index contributed by atoms with van der Waals surface area (Å²) in [7, 11) is 0. The SMILES string of the molecule is Cc1c([C@@H](C)CCO)oc2c(C)c(O)ccc2c1=O. The maximum Gasteiger partial charge on any atom is 0.195 e. The minimum absolute atomic E-state index is 0.0381. The van der Waals surface area contributed by atoms with Gasteiger partial charge < -0.3 is 14.6 Å². The molecule has 0 saturated carbocycles. The molecule has 4 nitrogen and oxygen atoms in total. The summed E-state index contributed by atoms with van der Waals surface area (Å²) in [5, 5.41) is 19.2. The maximum absolute atomic E-state index is 12.3. The monoisotopic (exact) mass is 262 g/mol. The molecule has 1 aromatic carbocycles. The zero-order valence-corrected chi connectivity index (χ0v) is 11.4. The third-order valence-corrected chi connectivity index (χ3v) is 3.55. The molecule has 2 aromatic rings. The first-order valence-corrected chi connectivity index (χ1v) is 6.34. The summed E-state index contributed by atoms with van der Waals surface area (Å²) in [5.41, 5.74) is 1.48. The molecule has 102 valence electrons. The lowest BCUT2D eigenvalue weighted by atomic mass is 9.99. The maximum atomic E-state index is 12.3. The molecular formula is C15H18O4. The summed E-state index contributed by atoms with van der Waals surface area (Å²) in [6, 6.07) is 3.09. The summed E-state index contributed by atoms with van der Waals surface area (Å²) in [4.78, 5) is 12.3. The van der Waals surface area contributed by atoms with Gasteiger partial charge >= 0.3 is 0 Å². The van der Waals surface area contributed by atoms with E-state index in [1.165, 1.54) is 6.07 Å². The van der Waals surface area contributed by atoms with Gasteiger partial charge in [0, 0.05) is 23.7 Å². The largest absolute Gasteiger partial charge is 0.508 e. The summed E-state index contributed by atoms with van der Waals surface area (Å²) in [5.74, 6) is 0.657. The van der Waals surface area contributed by atoms with Crippen LogP contribution in [0.5, 0.6) is 5.75 Å². The molecule has 0 bridgehead atoms. The summed E-state index contributed by atoms with van der Waals surface area (Å²) in [6.07, 6.45) is 0.535. The van der Waals surface area contributed by atoms with E-state index in [9.17, 15) is 9.90 Å². The van der Waals surface area contributed by atoms with Crippen molar-refractivity contribution < 1.29 is 14.6 Å². The molecule has 0 radical (unpaired) electrons. The molecule has 1 heterocycles. The van der Waals surface area contributed by atoms with E-state index in [1.54, 1.807) is 19.9 Å². The normalized spacial score (nSPS) is 12.8. The average Bonchev–Trinajstić information content (AvgIpc) is 2.38. The lowest BCUT2D eigenvalue weighted by molar-refractivity contribution is 0.271. The van der Waals surface area contributed by atoms with Crippen molar-refractivity contribution in [3.63, 3.8) is 0 Å². The minimum atomic E-state index is -0.0795. The second kappa shape index (κ2) is 5.05. The highest BCUT2D eigenvalue weighted by Crippen LogP contribution is 2.29. The van der Waals surface area contributed by atoms with E-state index in [4.69, 9.17) is 9.52 Å². The number of benzene rings is 1. The van der Waals surface area contributed by atoms with E-state index in [0.717, 1.165) is 0 Å². The highest BCUT2D eigenvalue weighted by atomic mass is 16.3. The third kappa shape index (κ3) is 2.24.